The molecule has 6 nitrogen and oxygen atoms in total. The molecular weight excluding hydrogens is 242 g/mol. The van der Waals surface area contributed by atoms with Gasteiger partial charge in [0.05, 0.1) is 6.20 Å². The number of nitrogens with one attached hydrogen (secondary N) is 2. The number of hydrogen-bond acceptors (Lipinski definition) is 3. The minimum absolute atomic E-state index is 0.0275. The lowest BCUT2D eigenvalue weighted by molar-refractivity contribution is 0.849. The molecule has 1 aliphatic rings. The molecular formula is C13H13N5O. The number of fused-ring (bicyclic) bond motifs is 1. The van der Waals surface area contributed by atoms with Crippen molar-refractivity contribution in [1.82, 2.24) is 24.8 Å². The zero-order valence-corrected chi connectivity index (χ0v) is 10.5. The zero-order chi connectivity index (χ0) is 13.0. The van der Waals surface area contributed by atoms with Gasteiger partial charge in [0.1, 0.15) is 0 Å². The Morgan fingerprint density at radius 3 is 2.89 bits per heavy atom. The molecule has 0 radical (unpaired) electrons. The van der Waals surface area contributed by atoms with Crippen LogP contribution in [0.15, 0.2) is 23.4 Å². The predicted octanol–water partition coefficient (Wildman–Crippen LogP) is 1.60. The van der Waals surface area contributed by atoms with E-state index in [9.17, 15) is 4.79 Å². The summed E-state index contributed by atoms with van der Waals surface area (Å²) in [7, 11) is 0. The number of aryl methyl sites for hydroxylation is 1. The molecule has 4 rings (SSSR count). The second-order valence-corrected chi connectivity index (χ2v) is 5.02. The van der Waals surface area contributed by atoms with Crippen LogP contribution in [0, 0.1) is 6.92 Å². The van der Waals surface area contributed by atoms with Crippen LogP contribution in [0.1, 0.15) is 30.0 Å². The standard InChI is InChI=1S/C13H13N5O/c1-7-11(8-2-3-8)13(19)18-12(17-7)10(6-16-18)9-4-14-15-5-9/h4-6,8,16H,2-3H2,1H3,(H,14,15). The Labute approximate surface area is 108 Å². The summed E-state index contributed by atoms with van der Waals surface area (Å²) >= 11 is 0. The lowest BCUT2D eigenvalue weighted by Crippen LogP contribution is -2.21. The Kier molecular flexibility index (Phi) is 1.98. The quantitative estimate of drug-likeness (QED) is 0.730. The summed E-state index contributed by atoms with van der Waals surface area (Å²) in [6, 6.07) is 0. The van der Waals surface area contributed by atoms with Crippen molar-refractivity contribution in [3.8, 4) is 11.1 Å². The molecule has 96 valence electrons. The van der Waals surface area contributed by atoms with Crippen LogP contribution in [0.2, 0.25) is 0 Å². The van der Waals surface area contributed by atoms with E-state index in [1.165, 1.54) is 4.52 Å². The zero-order valence-electron chi connectivity index (χ0n) is 10.5. The number of nitrogens with zero attached hydrogens (tertiary/aromatic N) is 3. The molecule has 6 heteroatoms. The molecule has 0 spiro atoms. The first-order valence-corrected chi connectivity index (χ1v) is 6.35. The van der Waals surface area contributed by atoms with E-state index >= 15 is 0 Å². The van der Waals surface area contributed by atoms with Crippen LogP contribution in [0.3, 0.4) is 0 Å². The minimum Gasteiger partial charge on any atom is -0.296 e. The van der Waals surface area contributed by atoms with Crippen LogP contribution in [0.5, 0.6) is 0 Å². The third kappa shape index (κ3) is 1.46. The van der Waals surface area contributed by atoms with E-state index in [1.54, 1.807) is 18.6 Å². The molecule has 0 unspecified atom stereocenters. The van der Waals surface area contributed by atoms with Gasteiger partial charge in [-0.3, -0.25) is 15.0 Å². The highest BCUT2D eigenvalue weighted by atomic mass is 16.1. The van der Waals surface area contributed by atoms with Crippen molar-refractivity contribution in [3.05, 3.63) is 40.2 Å². The van der Waals surface area contributed by atoms with Crippen molar-refractivity contribution < 1.29 is 0 Å². The highest BCUT2D eigenvalue weighted by molar-refractivity contribution is 5.76. The largest absolute Gasteiger partial charge is 0.296 e. The third-order valence-corrected chi connectivity index (χ3v) is 3.68. The summed E-state index contributed by atoms with van der Waals surface area (Å²) < 4.78 is 1.53. The van der Waals surface area contributed by atoms with E-state index in [-0.39, 0.29) is 5.56 Å². The molecule has 3 aromatic heterocycles. The molecule has 0 atom stereocenters. The molecule has 0 saturated heterocycles. The van der Waals surface area contributed by atoms with Crippen molar-refractivity contribution in [1.29, 1.82) is 0 Å². The summed E-state index contributed by atoms with van der Waals surface area (Å²) in [6.07, 6.45) is 7.50. The number of H-pyrrole nitrogens is 2. The monoisotopic (exact) mass is 255 g/mol. The maximum atomic E-state index is 12.5. The van der Waals surface area contributed by atoms with Gasteiger partial charge in [0.25, 0.3) is 5.56 Å². The Morgan fingerprint density at radius 2 is 2.21 bits per heavy atom. The molecule has 19 heavy (non-hydrogen) atoms. The molecule has 0 aliphatic heterocycles. The maximum Gasteiger partial charge on any atom is 0.276 e. The number of rotatable bonds is 2. The van der Waals surface area contributed by atoms with Crippen LogP contribution in [-0.4, -0.2) is 24.8 Å². The maximum absolute atomic E-state index is 12.5. The van der Waals surface area contributed by atoms with Gasteiger partial charge in [-0.1, -0.05) is 0 Å². The molecule has 1 aliphatic carbocycles. The van der Waals surface area contributed by atoms with E-state index in [2.05, 4.69) is 20.3 Å². The molecule has 2 N–H and O–H groups in total. The SMILES string of the molecule is Cc1nc2c(-c3cn[nH]c3)c[nH]n2c(=O)c1C1CC1. The molecule has 0 aromatic carbocycles. The lowest BCUT2D eigenvalue weighted by atomic mass is 10.1. The molecule has 3 heterocycles. The van der Waals surface area contributed by atoms with Gasteiger partial charge >= 0.3 is 0 Å². The average molecular weight is 255 g/mol. The number of hydrogen-bond donors (Lipinski definition) is 2. The van der Waals surface area contributed by atoms with E-state index < -0.39 is 0 Å². The topological polar surface area (TPSA) is 78.8 Å². The van der Waals surface area contributed by atoms with Gasteiger partial charge in [0.2, 0.25) is 0 Å². The van der Waals surface area contributed by atoms with Gasteiger partial charge in [-0.15, -0.1) is 0 Å². The van der Waals surface area contributed by atoms with E-state index in [4.69, 9.17) is 0 Å². The second-order valence-electron chi connectivity index (χ2n) is 5.02. The van der Waals surface area contributed by atoms with Crippen molar-refractivity contribution in [2.24, 2.45) is 0 Å². The lowest BCUT2D eigenvalue weighted by Gasteiger charge is -2.04. The van der Waals surface area contributed by atoms with Crippen molar-refractivity contribution in [2.45, 2.75) is 25.7 Å². The fourth-order valence-corrected chi connectivity index (χ4v) is 2.59. The Balaban J connectivity index is 2.03. The van der Waals surface area contributed by atoms with Gasteiger partial charge in [-0.05, 0) is 25.7 Å². The fourth-order valence-electron chi connectivity index (χ4n) is 2.59. The van der Waals surface area contributed by atoms with Crippen LogP contribution >= 0.6 is 0 Å². The molecule has 3 aromatic rings. The third-order valence-electron chi connectivity index (χ3n) is 3.68. The number of aromatic amines is 2. The summed E-state index contributed by atoms with van der Waals surface area (Å²) in [6.45, 7) is 1.92. The average Bonchev–Trinajstić information content (AvgIpc) is 2.91. The predicted molar refractivity (Wildman–Crippen MR) is 70.1 cm³/mol. The Morgan fingerprint density at radius 1 is 1.37 bits per heavy atom. The summed E-state index contributed by atoms with van der Waals surface area (Å²) in [4.78, 5) is 17.1. The summed E-state index contributed by atoms with van der Waals surface area (Å²) in [5.41, 5.74) is 4.20. The minimum atomic E-state index is 0.0275. The van der Waals surface area contributed by atoms with E-state index in [0.717, 1.165) is 35.2 Å². The van der Waals surface area contributed by atoms with E-state index in [1.807, 2.05) is 6.92 Å². The van der Waals surface area contributed by atoms with Crippen LogP contribution in [0.25, 0.3) is 16.8 Å². The first kappa shape index (κ1) is 10.5. The first-order chi connectivity index (χ1) is 9.25. The van der Waals surface area contributed by atoms with Gasteiger partial charge in [-0.2, -0.15) is 5.10 Å². The van der Waals surface area contributed by atoms with Crippen LogP contribution < -0.4 is 5.56 Å². The highest BCUT2D eigenvalue weighted by Gasteiger charge is 2.30. The van der Waals surface area contributed by atoms with Crippen molar-refractivity contribution >= 4 is 5.65 Å². The van der Waals surface area contributed by atoms with E-state index in [0.29, 0.717) is 11.6 Å². The summed E-state index contributed by atoms with van der Waals surface area (Å²) in [5, 5.41) is 9.70. The van der Waals surface area contributed by atoms with Gasteiger partial charge in [0.15, 0.2) is 5.65 Å². The fraction of sp³-hybridized carbons (Fsp3) is 0.308. The smallest absolute Gasteiger partial charge is 0.276 e. The van der Waals surface area contributed by atoms with Crippen LogP contribution in [-0.2, 0) is 0 Å². The molecule has 0 amide bonds. The highest BCUT2D eigenvalue weighted by Crippen LogP contribution is 2.39. The Hall–Kier alpha value is -2.37. The summed E-state index contributed by atoms with van der Waals surface area (Å²) in [5.74, 6) is 0.401. The van der Waals surface area contributed by atoms with Gasteiger partial charge in [0, 0.05) is 34.8 Å². The molecule has 1 saturated carbocycles. The van der Waals surface area contributed by atoms with Crippen molar-refractivity contribution in [3.63, 3.8) is 0 Å². The molecule has 1 fully saturated rings. The van der Waals surface area contributed by atoms with Gasteiger partial charge < -0.3 is 0 Å². The van der Waals surface area contributed by atoms with Crippen molar-refractivity contribution in [2.75, 3.05) is 0 Å². The van der Waals surface area contributed by atoms with Gasteiger partial charge in [-0.25, -0.2) is 9.50 Å². The normalized spacial score (nSPS) is 15.2. The number of aromatic nitrogens is 5. The Bertz CT molecular complexity index is 808. The van der Waals surface area contributed by atoms with Crippen LogP contribution in [0.4, 0.5) is 0 Å². The second kappa shape index (κ2) is 3.57. The molecule has 0 bridgehead atoms. The first-order valence-electron chi connectivity index (χ1n) is 6.35.